The summed E-state index contributed by atoms with van der Waals surface area (Å²) < 4.78 is 1.75. The Balaban J connectivity index is 2.24. The van der Waals surface area contributed by atoms with Crippen LogP contribution < -0.4 is 5.32 Å². The molecule has 0 aliphatic heterocycles. The van der Waals surface area contributed by atoms with Crippen molar-refractivity contribution in [3.63, 3.8) is 0 Å². The second-order valence-electron chi connectivity index (χ2n) is 2.74. The molecule has 0 radical (unpaired) electrons. The third-order valence-electron chi connectivity index (χ3n) is 1.62. The Labute approximate surface area is 82.7 Å². The lowest BCUT2D eigenvalue weighted by Gasteiger charge is -2.00. The maximum absolute atomic E-state index is 10.8. The van der Waals surface area contributed by atoms with Gasteiger partial charge in [0.25, 0.3) is 0 Å². The monoisotopic (exact) mass is 199 g/mol. The van der Waals surface area contributed by atoms with Gasteiger partial charge in [-0.25, -0.2) is 0 Å². The first-order valence-corrected chi connectivity index (χ1v) is 4.71. The summed E-state index contributed by atoms with van der Waals surface area (Å²) in [5, 5.41) is 6.91. The van der Waals surface area contributed by atoms with Gasteiger partial charge in [-0.1, -0.05) is 0 Å². The van der Waals surface area contributed by atoms with Crippen LogP contribution in [0.4, 0.5) is 0 Å². The molecule has 72 valence electrons. The fourth-order valence-corrected chi connectivity index (χ4v) is 1.09. The van der Waals surface area contributed by atoms with Crippen molar-refractivity contribution in [3.8, 4) is 0 Å². The van der Waals surface area contributed by atoms with Gasteiger partial charge in [0.05, 0.1) is 11.4 Å². The second kappa shape index (κ2) is 4.91. The van der Waals surface area contributed by atoms with Crippen LogP contribution in [0.15, 0.2) is 12.3 Å². The molecule has 0 unspecified atom stereocenters. The minimum absolute atomic E-state index is 0.0423. The van der Waals surface area contributed by atoms with Gasteiger partial charge in [0.2, 0.25) is 5.91 Å². The Morgan fingerprint density at radius 1 is 1.77 bits per heavy atom. The van der Waals surface area contributed by atoms with Crippen molar-refractivity contribution in [2.45, 2.75) is 6.42 Å². The van der Waals surface area contributed by atoms with E-state index in [1.165, 1.54) is 0 Å². The number of nitrogens with zero attached hydrogens (tertiary/aromatic N) is 2. The highest BCUT2D eigenvalue weighted by Crippen LogP contribution is 1.93. The maximum atomic E-state index is 10.8. The molecule has 0 spiro atoms. The summed E-state index contributed by atoms with van der Waals surface area (Å²) >= 11 is 3.85. The predicted octanol–water partition coefficient (Wildman–Crippen LogP) is 0.00860. The zero-order valence-corrected chi connectivity index (χ0v) is 8.42. The molecule has 0 fully saturated rings. The lowest BCUT2D eigenvalue weighted by molar-refractivity contribution is -0.118. The number of aromatic nitrogens is 2. The van der Waals surface area contributed by atoms with Gasteiger partial charge in [0.15, 0.2) is 0 Å². The smallest absolute Gasteiger partial charge is 0.229 e. The van der Waals surface area contributed by atoms with Crippen LogP contribution in [0.1, 0.15) is 5.69 Å². The summed E-state index contributed by atoms with van der Waals surface area (Å²) in [6.07, 6.45) is 2.65. The maximum Gasteiger partial charge on any atom is 0.229 e. The van der Waals surface area contributed by atoms with E-state index in [4.69, 9.17) is 0 Å². The van der Waals surface area contributed by atoms with Crippen molar-refractivity contribution in [2.24, 2.45) is 7.05 Å². The highest BCUT2D eigenvalue weighted by atomic mass is 32.1. The first kappa shape index (κ1) is 10.1. The number of hydrogen-bond acceptors (Lipinski definition) is 3. The van der Waals surface area contributed by atoms with Gasteiger partial charge >= 0.3 is 0 Å². The summed E-state index contributed by atoms with van der Waals surface area (Å²) in [6.45, 7) is 0.621. The summed E-state index contributed by atoms with van der Waals surface area (Å²) in [6, 6.07) is 1.94. The number of aryl methyl sites for hydroxylation is 1. The molecule has 1 heterocycles. The second-order valence-corrected chi connectivity index (χ2v) is 3.06. The van der Waals surface area contributed by atoms with Crippen molar-refractivity contribution in [1.29, 1.82) is 0 Å². The minimum Gasteiger partial charge on any atom is -0.355 e. The van der Waals surface area contributed by atoms with Gasteiger partial charge in [0, 0.05) is 26.2 Å². The molecule has 0 aliphatic rings. The topological polar surface area (TPSA) is 46.9 Å². The van der Waals surface area contributed by atoms with Crippen LogP contribution in [0.3, 0.4) is 0 Å². The normalized spacial score (nSPS) is 10.0. The Kier molecular flexibility index (Phi) is 3.82. The van der Waals surface area contributed by atoms with E-state index in [9.17, 15) is 4.79 Å². The van der Waals surface area contributed by atoms with Gasteiger partial charge in [-0.15, -0.1) is 0 Å². The first-order valence-electron chi connectivity index (χ1n) is 4.08. The highest BCUT2D eigenvalue weighted by Gasteiger charge is 1.98. The molecule has 4 nitrogen and oxygen atoms in total. The van der Waals surface area contributed by atoms with Crippen molar-refractivity contribution in [1.82, 2.24) is 15.1 Å². The molecule has 1 aromatic rings. The molecule has 0 saturated heterocycles. The number of carbonyl (C=O) groups is 1. The van der Waals surface area contributed by atoms with Crippen molar-refractivity contribution < 1.29 is 4.79 Å². The van der Waals surface area contributed by atoms with Crippen LogP contribution in [0.2, 0.25) is 0 Å². The number of amides is 1. The summed E-state index contributed by atoms with van der Waals surface area (Å²) in [5.74, 6) is 0.196. The Morgan fingerprint density at radius 3 is 3.08 bits per heavy atom. The fraction of sp³-hybridized carbons (Fsp3) is 0.500. The van der Waals surface area contributed by atoms with Gasteiger partial charge in [0.1, 0.15) is 0 Å². The van der Waals surface area contributed by atoms with Gasteiger partial charge in [-0.05, 0) is 6.07 Å². The molecule has 1 aromatic heterocycles. The zero-order chi connectivity index (χ0) is 9.68. The van der Waals surface area contributed by atoms with Crippen molar-refractivity contribution >= 4 is 18.5 Å². The van der Waals surface area contributed by atoms with Crippen molar-refractivity contribution in [3.05, 3.63) is 18.0 Å². The standard InChI is InChI=1S/C8H13N3OS/c1-11-5-3-7(10-11)2-4-9-8(12)6-13/h3,5,13H,2,4,6H2,1H3,(H,9,12). The zero-order valence-electron chi connectivity index (χ0n) is 7.53. The van der Waals surface area contributed by atoms with E-state index in [0.717, 1.165) is 12.1 Å². The Bertz CT molecular complexity index is 285. The number of nitrogens with one attached hydrogen (secondary N) is 1. The Hall–Kier alpha value is -0.970. The molecule has 0 aliphatic carbocycles. The van der Waals surface area contributed by atoms with Crippen LogP contribution in [-0.4, -0.2) is 28.0 Å². The summed E-state index contributed by atoms with van der Waals surface area (Å²) in [5.41, 5.74) is 0.988. The van der Waals surface area contributed by atoms with Gasteiger partial charge < -0.3 is 5.32 Å². The quantitative estimate of drug-likeness (QED) is 0.671. The lowest BCUT2D eigenvalue weighted by atomic mass is 10.3. The van der Waals surface area contributed by atoms with E-state index < -0.39 is 0 Å². The lowest BCUT2D eigenvalue weighted by Crippen LogP contribution is -2.26. The average Bonchev–Trinajstić information content (AvgIpc) is 2.51. The molecule has 1 amide bonds. The van der Waals surface area contributed by atoms with E-state index >= 15 is 0 Å². The largest absolute Gasteiger partial charge is 0.355 e. The van der Waals surface area contributed by atoms with Gasteiger partial charge in [-0.3, -0.25) is 9.48 Å². The van der Waals surface area contributed by atoms with E-state index in [1.807, 2.05) is 19.3 Å². The number of carbonyl (C=O) groups excluding carboxylic acids is 1. The summed E-state index contributed by atoms with van der Waals surface area (Å²) in [7, 11) is 1.87. The van der Waals surface area contributed by atoms with E-state index in [2.05, 4.69) is 23.0 Å². The van der Waals surface area contributed by atoms with Crippen LogP contribution in [0, 0.1) is 0 Å². The third-order valence-corrected chi connectivity index (χ3v) is 1.90. The first-order chi connectivity index (χ1) is 6.22. The van der Waals surface area contributed by atoms with Crippen LogP contribution in [0.25, 0.3) is 0 Å². The molecule has 0 atom stereocenters. The SMILES string of the molecule is Cn1ccc(CCNC(=O)CS)n1. The molecule has 0 bridgehead atoms. The van der Waals surface area contributed by atoms with Crippen LogP contribution in [-0.2, 0) is 18.3 Å². The van der Waals surface area contributed by atoms with Crippen LogP contribution >= 0.6 is 12.6 Å². The number of rotatable bonds is 4. The molecule has 5 heteroatoms. The fourth-order valence-electron chi connectivity index (χ4n) is 0.982. The molecule has 13 heavy (non-hydrogen) atoms. The average molecular weight is 199 g/mol. The van der Waals surface area contributed by atoms with Crippen molar-refractivity contribution in [2.75, 3.05) is 12.3 Å². The Morgan fingerprint density at radius 2 is 2.54 bits per heavy atom. The van der Waals surface area contributed by atoms with E-state index in [1.54, 1.807) is 4.68 Å². The number of thiol groups is 1. The highest BCUT2D eigenvalue weighted by molar-refractivity contribution is 7.81. The van der Waals surface area contributed by atoms with E-state index in [-0.39, 0.29) is 11.7 Å². The molecule has 0 saturated carbocycles. The molecular weight excluding hydrogens is 186 g/mol. The summed E-state index contributed by atoms with van der Waals surface area (Å²) in [4.78, 5) is 10.8. The molecule has 1 rings (SSSR count). The van der Waals surface area contributed by atoms with Gasteiger partial charge in [-0.2, -0.15) is 17.7 Å². The molecule has 1 N–H and O–H groups in total. The predicted molar refractivity (Wildman–Crippen MR) is 53.8 cm³/mol. The van der Waals surface area contributed by atoms with E-state index in [0.29, 0.717) is 6.54 Å². The molecular formula is C8H13N3OS. The minimum atomic E-state index is -0.0423. The third kappa shape index (κ3) is 3.50. The number of hydrogen-bond donors (Lipinski definition) is 2. The van der Waals surface area contributed by atoms with Crippen LogP contribution in [0.5, 0.6) is 0 Å². The molecule has 0 aromatic carbocycles.